The molecule has 0 aliphatic heterocycles. The van der Waals surface area contributed by atoms with Crippen molar-refractivity contribution in [2.75, 3.05) is 24.9 Å². The van der Waals surface area contributed by atoms with E-state index in [0.29, 0.717) is 22.9 Å². The molecule has 0 atom stereocenters. The van der Waals surface area contributed by atoms with Gasteiger partial charge in [-0.15, -0.1) is 0 Å². The van der Waals surface area contributed by atoms with Crippen LogP contribution in [0.25, 0.3) is 0 Å². The molecule has 0 aliphatic rings. The van der Waals surface area contributed by atoms with E-state index in [4.69, 9.17) is 9.47 Å². The summed E-state index contributed by atoms with van der Waals surface area (Å²) in [5.41, 5.74) is 1.22. The first kappa shape index (κ1) is 15.2. The molecule has 2 amide bonds. The Kier molecular flexibility index (Phi) is 5.05. The Labute approximate surface area is 131 Å². The van der Waals surface area contributed by atoms with Gasteiger partial charge in [0.25, 0.3) is 0 Å². The minimum absolute atomic E-state index is 0.361. The zero-order chi connectivity index (χ0) is 15.2. The van der Waals surface area contributed by atoms with Crippen LogP contribution >= 0.6 is 15.9 Å². The molecular weight excluding hydrogens is 336 g/mol. The molecule has 0 aliphatic carbocycles. The maximum Gasteiger partial charge on any atom is 0.323 e. The number of carbonyl (C=O) groups is 1. The highest BCUT2D eigenvalue weighted by atomic mass is 79.9. The molecule has 21 heavy (non-hydrogen) atoms. The third-order valence-corrected chi connectivity index (χ3v) is 3.23. The van der Waals surface area contributed by atoms with E-state index in [1.54, 1.807) is 50.6 Å². The first-order valence-electron chi connectivity index (χ1n) is 6.18. The molecule has 2 rings (SSSR count). The van der Waals surface area contributed by atoms with Crippen molar-refractivity contribution in [2.45, 2.75) is 0 Å². The zero-order valence-corrected chi connectivity index (χ0v) is 13.2. The number of amides is 2. The largest absolute Gasteiger partial charge is 0.497 e. The van der Waals surface area contributed by atoms with Crippen LogP contribution in [0.15, 0.2) is 46.9 Å². The molecule has 0 unspecified atom stereocenters. The highest BCUT2D eigenvalue weighted by Gasteiger charge is 2.08. The molecule has 0 aromatic heterocycles. The SMILES string of the molecule is COc1cccc(NC(=O)Nc2cc(Br)ccc2OC)c1. The molecule has 0 spiro atoms. The molecule has 6 heteroatoms. The summed E-state index contributed by atoms with van der Waals surface area (Å²) in [5.74, 6) is 1.26. The van der Waals surface area contributed by atoms with E-state index in [1.165, 1.54) is 0 Å². The van der Waals surface area contributed by atoms with Gasteiger partial charge in [0, 0.05) is 16.2 Å². The molecular formula is C15H15BrN2O3. The first-order chi connectivity index (χ1) is 10.1. The standard InChI is InChI=1S/C15H15BrN2O3/c1-20-12-5-3-4-11(9-12)17-15(19)18-13-8-10(16)6-7-14(13)21-2/h3-9H,1-2H3,(H2,17,18,19). The minimum atomic E-state index is -0.361. The number of nitrogens with one attached hydrogen (secondary N) is 2. The minimum Gasteiger partial charge on any atom is -0.497 e. The predicted octanol–water partition coefficient (Wildman–Crippen LogP) is 4.11. The van der Waals surface area contributed by atoms with Gasteiger partial charge in [-0.25, -0.2) is 4.79 Å². The van der Waals surface area contributed by atoms with Crippen molar-refractivity contribution in [1.29, 1.82) is 0 Å². The summed E-state index contributed by atoms with van der Waals surface area (Å²) in [5, 5.41) is 5.48. The number of hydrogen-bond acceptors (Lipinski definition) is 3. The average molecular weight is 351 g/mol. The zero-order valence-electron chi connectivity index (χ0n) is 11.6. The summed E-state index contributed by atoms with van der Waals surface area (Å²) < 4.78 is 11.2. The molecule has 0 saturated carbocycles. The van der Waals surface area contributed by atoms with Crippen LogP contribution < -0.4 is 20.1 Å². The fraction of sp³-hybridized carbons (Fsp3) is 0.133. The lowest BCUT2D eigenvalue weighted by Crippen LogP contribution is -2.19. The van der Waals surface area contributed by atoms with Crippen LogP contribution in [0.4, 0.5) is 16.2 Å². The Morgan fingerprint density at radius 1 is 1.05 bits per heavy atom. The molecule has 0 fully saturated rings. The summed E-state index contributed by atoms with van der Waals surface area (Å²) in [6.45, 7) is 0. The highest BCUT2D eigenvalue weighted by Crippen LogP contribution is 2.28. The lowest BCUT2D eigenvalue weighted by Gasteiger charge is -2.12. The van der Waals surface area contributed by atoms with Crippen LogP contribution in [0.2, 0.25) is 0 Å². The second kappa shape index (κ2) is 6.99. The van der Waals surface area contributed by atoms with Gasteiger partial charge in [0.2, 0.25) is 0 Å². The van der Waals surface area contributed by atoms with E-state index in [2.05, 4.69) is 26.6 Å². The second-order valence-corrected chi connectivity index (χ2v) is 5.07. The van der Waals surface area contributed by atoms with E-state index in [1.807, 2.05) is 6.07 Å². The molecule has 0 radical (unpaired) electrons. The van der Waals surface area contributed by atoms with Gasteiger partial charge in [0.1, 0.15) is 11.5 Å². The lowest BCUT2D eigenvalue weighted by atomic mass is 10.3. The van der Waals surface area contributed by atoms with Gasteiger partial charge in [-0.1, -0.05) is 22.0 Å². The van der Waals surface area contributed by atoms with Crippen LogP contribution in [0.5, 0.6) is 11.5 Å². The van der Waals surface area contributed by atoms with Crippen molar-refractivity contribution >= 4 is 33.3 Å². The van der Waals surface area contributed by atoms with Gasteiger partial charge >= 0.3 is 6.03 Å². The molecule has 110 valence electrons. The molecule has 0 saturated heterocycles. The molecule has 2 aromatic rings. The van der Waals surface area contributed by atoms with Crippen LogP contribution in [-0.4, -0.2) is 20.3 Å². The van der Waals surface area contributed by atoms with Gasteiger partial charge < -0.3 is 20.1 Å². The van der Waals surface area contributed by atoms with Crippen LogP contribution in [0.1, 0.15) is 0 Å². The highest BCUT2D eigenvalue weighted by molar-refractivity contribution is 9.10. The molecule has 2 N–H and O–H groups in total. The topological polar surface area (TPSA) is 59.6 Å². The van der Waals surface area contributed by atoms with Crippen LogP contribution in [-0.2, 0) is 0 Å². The Balaban J connectivity index is 2.09. The first-order valence-corrected chi connectivity index (χ1v) is 6.97. The van der Waals surface area contributed by atoms with Crippen molar-refractivity contribution in [3.8, 4) is 11.5 Å². The number of rotatable bonds is 4. The summed E-state index contributed by atoms with van der Waals surface area (Å²) in [6.07, 6.45) is 0. The van der Waals surface area contributed by atoms with Crippen molar-refractivity contribution in [3.63, 3.8) is 0 Å². The number of methoxy groups -OCH3 is 2. The van der Waals surface area contributed by atoms with Crippen molar-refractivity contribution in [2.24, 2.45) is 0 Å². The van der Waals surface area contributed by atoms with E-state index in [0.717, 1.165) is 4.47 Å². The van der Waals surface area contributed by atoms with E-state index < -0.39 is 0 Å². The smallest absolute Gasteiger partial charge is 0.323 e. The van der Waals surface area contributed by atoms with Gasteiger partial charge in [-0.05, 0) is 30.3 Å². The van der Waals surface area contributed by atoms with E-state index in [9.17, 15) is 4.79 Å². The third kappa shape index (κ3) is 4.13. The quantitative estimate of drug-likeness (QED) is 0.872. The summed E-state index contributed by atoms with van der Waals surface area (Å²) >= 11 is 3.36. The third-order valence-electron chi connectivity index (χ3n) is 2.74. The van der Waals surface area contributed by atoms with Gasteiger partial charge in [-0.2, -0.15) is 0 Å². The molecule has 5 nitrogen and oxygen atoms in total. The lowest BCUT2D eigenvalue weighted by molar-refractivity contribution is 0.262. The summed E-state index contributed by atoms with van der Waals surface area (Å²) in [7, 11) is 3.12. The molecule has 0 bridgehead atoms. The Morgan fingerprint density at radius 3 is 2.57 bits per heavy atom. The fourth-order valence-electron chi connectivity index (χ4n) is 1.76. The maximum absolute atomic E-state index is 12.0. The number of carbonyl (C=O) groups excluding carboxylic acids is 1. The van der Waals surface area contributed by atoms with E-state index in [-0.39, 0.29) is 6.03 Å². The Bertz CT molecular complexity index is 647. The Hall–Kier alpha value is -2.21. The van der Waals surface area contributed by atoms with Gasteiger partial charge in [-0.3, -0.25) is 0 Å². The normalized spacial score (nSPS) is 9.86. The van der Waals surface area contributed by atoms with Gasteiger partial charge in [0.15, 0.2) is 0 Å². The van der Waals surface area contributed by atoms with Crippen LogP contribution in [0, 0.1) is 0 Å². The van der Waals surface area contributed by atoms with E-state index >= 15 is 0 Å². The number of ether oxygens (including phenoxy) is 2. The monoisotopic (exact) mass is 350 g/mol. The maximum atomic E-state index is 12.0. The molecule has 2 aromatic carbocycles. The summed E-state index contributed by atoms with van der Waals surface area (Å²) in [6, 6.07) is 12.1. The summed E-state index contributed by atoms with van der Waals surface area (Å²) in [4.78, 5) is 12.0. The second-order valence-electron chi connectivity index (χ2n) is 4.16. The van der Waals surface area contributed by atoms with Crippen molar-refractivity contribution in [1.82, 2.24) is 0 Å². The predicted molar refractivity (Wildman–Crippen MR) is 86.3 cm³/mol. The number of urea groups is 1. The van der Waals surface area contributed by atoms with Gasteiger partial charge in [0.05, 0.1) is 19.9 Å². The number of halogens is 1. The molecule has 0 heterocycles. The number of benzene rings is 2. The van der Waals surface area contributed by atoms with Crippen molar-refractivity contribution in [3.05, 3.63) is 46.9 Å². The number of hydrogen-bond donors (Lipinski definition) is 2. The fourth-order valence-corrected chi connectivity index (χ4v) is 2.12. The Morgan fingerprint density at radius 2 is 1.86 bits per heavy atom. The van der Waals surface area contributed by atoms with Crippen molar-refractivity contribution < 1.29 is 14.3 Å². The average Bonchev–Trinajstić information content (AvgIpc) is 2.47. The number of anilines is 2. The van der Waals surface area contributed by atoms with Crippen LogP contribution in [0.3, 0.4) is 0 Å².